The summed E-state index contributed by atoms with van der Waals surface area (Å²) in [7, 11) is -3.10. The SMILES string of the molecule is CCOC(=O)c1nc(C(=O)NC2(C)CCS(=O)(=O)C2)cs1. The lowest BCUT2D eigenvalue weighted by Gasteiger charge is -2.23. The Morgan fingerprint density at radius 2 is 2.24 bits per heavy atom. The summed E-state index contributed by atoms with van der Waals surface area (Å²) in [6, 6.07) is 0. The minimum absolute atomic E-state index is 0.0644. The highest BCUT2D eigenvalue weighted by Crippen LogP contribution is 2.23. The first-order valence-corrected chi connectivity index (χ1v) is 9.10. The maximum absolute atomic E-state index is 12.1. The van der Waals surface area contributed by atoms with Crippen LogP contribution in [0.1, 0.15) is 40.6 Å². The first kappa shape index (κ1) is 15.9. The zero-order chi connectivity index (χ0) is 15.7. The maximum atomic E-state index is 12.1. The number of rotatable bonds is 4. The van der Waals surface area contributed by atoms with E-state index in [0.717, 1.165) is 11.3 Å². The van der Waals surface area contributed by atoms with E-state index >= 15 is 0 Å². The van der Waals surface area contributed by atoms with Crippen LogP contribution in [-0.2, 0) is 14.6 Å². The maximum Gasteiger partial charge on any atom is 0.367 e. The quantitative estimate of drug-likeness (QED) is 0.811. The molecule has 9 heteroatoms. The monoisotopic (exact) mass is 332 g/mol. The second kappa shape index (κ2) is 5.72. The fourth-order valence-corrected chi connectivity index (χ4v) is 4.89. The van der Waals surface area contributed by atoms with Crippen molar-refractivity contribution in [3.8, 4) is 0 Å². The molecule has 1 aromatic heterocycles. The lowest BCUT2D eigenvalue weighted by atomic mass is 10.0. The molecule has 1 amide bonds. The van der Waals surface area contributed by atoms with Crippen LogP contribution < -0.4 is 5.32 Å². The van der Waals surface area contributed by atoms with Crippen molar-refractivity contribution >= 4 is 33.1 Å². The van der Waals surface area contributed by atoms with Crippen molar-refractivity contribution in [1.29, 1.82) is 0 Å². The molecule has 0 aromatic carbocycles. The zero-order valence-corrected chi connectivity index (χ0v) is 13.3. The standard InChI is InChI=1S/C12H16N2O5S2/c1-3-19-11(16)10-13-8(6-20-10)9(15)14-12(2)4-5-21(17,18)7-12/h6H,3-5,7H2,1-2H3,(H,14,15). The number of amides is 1. The molecule has 1 aliphatic rings. The van der Waals surface area contributed by atoms with Crippen molar-refractivity contribution in [3.05, 3.63) is 16.1 Å². The van der Waals surface area contributed by atoms with Gasteiger partial charge in [-0.2, -0.15) is 0 Å². The second-order valence-corrected chi connectivity index (χ2v) is 8.16. The van der Waals surface area contributed by atoms with Crippen LogP contribution in [0, 0.1) is 0 Å². The van der Waals surface area contributed by atoms with Crippen molar-refractivity contribution in [2.75, 3.05) is 18.1 Å². The number of nitrogens with zero attached hydrogens (tertiary/aromatic N) is 1. The van der Waals surface area contributed by atoms with Gasteiger partial charge in [-0.25, -0.2) is 18.2 Å². The smallest absolute Gasteiger partial charge is 0.367 e. The minimum Gasteiger partial charge on any atom is -0.461 e. The average Bonchev–Trinajstić information content (AvgIpc) is 2.95. The highest BCUT2D eigenvalue weighted by Gasteiger charge is 2.39. The number of sulfone groups is 1. The van der Waals surface area contributed by atoms with Crippen molar-refractivity contribution in [2.24, 2.45) is 0 Å². The largest absolute Gasteiger partial charge is 0.461 e. The van der Waals surface area contributed by atoms with Gasteiger partial charge < -0.3 is 10.1 Å². The van der Waals surface area contributed by atoms with Crippen LogP contribution in [0.4, 0.5) is 0 Å². The number of esters is 1. The Bertz CT molecular complexity index is 667. The first-order chi connectivity index (χ1) is 9.75. The molecule has 0 aliphatic carbocycles. The van der Waals surface area contributed by atoms with Gasteiger partial charge in [0, 0.05) is 5.38 Å². The average molecular weight is 332 g/mol. The number of hydrogen-bond acceptors (Lipinski definition) is 7. The molecule has 21 heavy (non-hydrogen) atoms. The molecule has 1 aliphatic heterocycles. The number of carbonyl (C=O) groups is 2. The van der Waals surface area contributed by atoms with Crippen molar-refractivity contribution < 1.29 is 22.7 Å². The topological polar surface area (TPSA) is 102 Å². The van der Waals surface area contributed by atoms with Gasteiger partial charge in [0.15, 0.2) is 9.84 Å². The summed E-state index contributed by atoms with van der Waals surface area (Å²) in [5.41, 5.74) is -0.697. The van der Waals surface area contributed by atoms with Gasteiger partial charge in [-0.1, -0.05) is 0 Å². The summed E-state index contributed by atoms with van der Waals surface area (Å²) in [6.07, 6.45) is 0.371. The highest BCUT2D eigenvalue weighted by molar-refractivity contribution is 7.91. The van der Waals surface area contributed by atoms with E-state index in [1.54, 1.807) is 13.8 Å². The molecular formula is C12H16N2O5S2. The summed E-state index contributed by atoms with van der Waals surface area (Å²) in [5.74, 6) is -1.08. The van der Waals surface area contributed by atoms with Crippen molar-refractivity contribution in [2.45, 2.75) is 25.8 Å². The van der Waals surface area contributed by atoms with E-state index in [0.29, 0.717) is 6.42 Å². The molecule has 7 nitrogen and oxygen atoms in total. The molecule has 2 heterocycles. The molecule has 2 rings (SSSR count). The molecule has 1 fully saturated rings. The van der Waals surface area contributed by atoms with Gasteiger partial charge in [-0.05, 0) is 20.3 Å². The number of aromatic nitrogens is 1. The van der Waals surface area contributed by atoms with E-state index in [-0.39, 0.29) is 28.8 Å². The normalized spacial score (nSPS) is 23.7. The van der Waals surface area contributed by atoms with Crippen LogP contribution in [0.15, 0.2) is 5.38 Å². The van der Waals surface area contributed by atoms with Crippen LogP contribution >= 0.6 is 11.3 Å². The van der Waals surface area contributed by atoms with Gasteiger partial charge in [0.05, 0.1) is 23.7 Å². The summed E-state index contributed by atoms with van der Waals surface area (Å²) in [5, 5.41) is 4.24. The summed E-state index contributed by atoms with van der Waals surface area (Å²) < 4.78 is 27.8. The summed E-state index contributed by atoms with van der Waals surface area (Å²) in [4.78, 5) is 27.5. The zero-order valence-electron chi connectivity index (χ0n) is 11.7. The number of nitrogens with one attached hydrogen (secondary N) is 1. The first-order valence-electron chi connectivity index (χ1n) is 6.40. The van der Waals surface area contributed by atoms with Gasteiger partial charge in [-0.15, -0.1) is 11.3 Å². The van der Waals surface area contributed by atoms with E-state index in [1.165, 1.54) is 5.38 Å². The Morgan fingerprint density at radius 1 is 1.52 bits per heavy atom. The summed E-state index contributed by atoms with van der Waals surface area (Å²) >= 11 is 1.02. The fraction of sp³-hybridized carbons (Fsp3) is 0.583. The molecule has 116 valence electrons. The Hall–Kier alpha value is -1.48. The fourth-order valence-electron chi connectivity index (χ4n) is 2.11. The van der Waals surface area contributed by atoms with E-state index in [4.69, 9.17) is 4.74 Å². The molecule has 1 unspecified atom stereocenters. The molecule has 0 spiro atoms. The number of hydrogen-bond donors (Lipinski definition) is 1. The number of ether oxygens (including phenoxy) is 1. The third kappa shape index (κ3) is 3.79. The van der Waals surface area contributed by atoms with Gasteiger partial charge >= 0.3 is 5.97 Å². The van der Waals surface area contributed by atoms with Crippen molar-refractivity contribution in [1.82, 2.24) is 10.3 Å². The highest BCUT2D eigenvalue weighted by atomic mass is 32.2. The lowest BCUT2D eigenvalue weighted by Crippen LogP contribution is -2.47. The number of carbonyl (C=O) groups excluding carboxylic acids is 2. The molecule has 1 aromatic rings. The van der Waals surface area contributed by atoms with Crippen LogP contribution in [0.5, 0.6) is 0 Å². The van der Waals surface area contributed by atoms with E-state index in [1.807, 2.05) is 0 Å². The van der Waals surface area contributed by atoms with Gasteiger partial charge in [0.2, 0.25) is 5.01 Å². The third-order valence-electron chi connectivity index (χ3n) is 3.11. The predicted molar refractivity (Wildman–Crippen MR) is 77.2 cm³/mol. The van der Waals surface area contributed by atoms with Crippen LogP contribution in [-0.4, -0.2) is 48.9 Å². The Balaban J connectivity index is 2.06. The molecule has 1 saturated heterocycles. The molecule has 0 saturated carbocycles. The molecule has 0 radical (unpaired) electrons. The van der Waals surface area contributed by atoms with Gasteiger partial charge in [0.1, 0.15) is 5.69 Å². The van der Waals surface area contributed by atoms with Crippen LogP contribution in [0.2, 0.25) is 0 Å². The lowest BCUT2D eigenvalue weighted by molar-refractivity contribution is 0.0526. The molecule has 1 atom stereocenters. The Morgan fingerprint density at radius 3 is 2.81 bits per heavy atom. The molecular weight excluding hydrogens is 316 g/mol. The van der Waals surface area contributed by atoms with E-state index in [9.17, 15) is 18.0 Å². The third-order valence-corrected chi connectivity index (χ3v) is 5.83. The van der Waals surface area contributed by atoms with Crippen molar-refractivity contribution in [3.63, 3.8) is 0 Å². The van der Waals surface area contributed by atoms with Crippen LogP contribution in [0.3, 0.4) is 0 Å². The molecule has 0 bridgehead atoms. The predicted octanol–water partition coefficient (Wildman–Crippen LogP) is 0.627. The molecule has 1 N–H and O–H groups in total. The van der Waals surface area contributed by atoms with E-state index in [2.05, 4.69) is 10.3 Å². The second-order valence-electron chi connectivity index (χ2n) is 5.12. The Kier molecular flexibility index (Phi) is 4.33. The van der Waals surface area contributed by atoms with Gasteiger partial charge in [0.25, 0.3) is 5.91 Å². The summed E-state index contributed by atoms with van der Waals surface area (Å²) in [6.45, 7) is 3.60. The van der Waals surface area contributed by atoms with E-state index < -0.39 is 27.3 Å². The minimum atomic E-state index is -3.10. The Labute approximate surface area is 126 Å². The van der Waals surface area contributed by atoms with Gasteiger partial charge in [-0.3, -0.25) is 4.79 Å². The number of thiazole rings is 1. The van der Waals surface area contributed by atoms with Crippen LogP contribution in [0.25, 0.3) is 0 Å².